The number of nitrogens with zero attached hydrogens (tertiary/aromatic N) is 2. The van der Waals surface area contributed by atoms with Gasteiger partial charge in [0.2, 0.25) is 0 Å². The molecule has 0 saturated carbocycles. The zero-order valence-electron chi connectivity index (χ0n) is 18.1. The first-order valence-electron chi connectivity index (χ1n) is 11.2. The van der Waals surface area contributed by atoms with Crippen molar-refractivity contribution in [3.05, 3.63) is 0 Å². The van der Waals surface area contributed by atoms with Crippen molar-refractivity contribution in [1.82, 2.24) is 15.5 Å². The summed E-state index contributed by atoms with van der Waals surface area (Å²) in [5.74, 6) is 1.55. The maximum atomic E-state index is 5.78. The number of hydrogen-bond donors (Lipinski definition) is 2. The summed E-state index contributed by atoms with van der Waals surface area (Å²) >= 11 is 0. The van der Waals surface area contributed by atoms with Gasteiger partial charge < -0.3 is 20.1 Å². The number of halogens is 1. The molecule has 6 nitrogen and oxygen atoms in total. The highest BCUT2D eigenvalue weighted by atomic mass is 127. The highest BCUT2D eigenvalue weighted by molar-refractivity contribution is 14.0. The van der Waals surface area contributed by atoms with Crippen LogP contribution in [-0.4, -0.2) is 76.1 Å². The lowest BCUT2D eigenvalue weighted by Gasteiger charge is -2.35. The van der Waals surface area contributed by atoms with Crippen molar-refractivity contribution < 1.29 is 9.47 Å². The third-order valence-electron chi connectivity index (χ3n) is 5.49. The summed E-state index contributed by atoms with van der Waals surface area (Å²) in [6, 6.07) is 0.609. The van der Waals surface area contributed by atoms with Crippen LogP contribution >= 0.6 is 24.0 Å². The Kier molecular flexibility index (Phi) is 15.4. The summed E-state index contributed by atoms with van der Waals surface area (Å²) < 4.78 is 11.2. The van der Waals surface area contributed by atoms with E-state index in [4.69, 9.17) is 14.5 Å². The van der Waals surface area contributed by atoms with Gasteiger partial charge in [-0.15, -0.1) is 24.0 Å². The van der Waals surface area contributed by atoms with Crippen LogP contribution in [0, 0.1) is 5.92 Å². The zero-order valence-corrected chi connectivity index (χ0v) is 20.4. The van der Waals surface area contributed by atoms with Crippen molar-refractivity contribution in [3.63, 3.8) is 0 Å². The third-order valence-corrected chi connectivity index (χ3v) is 5.49. The highest BCUT2D eigenvalue weighted by Gasteiger charge is 2.21. The van der Waals surface area contributed by atoms with Crippen molar-refractivity contribution in [2.24, 2.45) is 10.9 Å². The number of guanidine groups is 1. The van der Waals surface area contributed by atoms with E-state index in [0.717, 1.165) is 64.9 Å². The molecule has 0 spiro atoms. The van der Waals surface area contributed by atoms with Gasteiger partial charge in [-0.1, -0.05) is 19.8 Å². The van der Waals surface area contributed by atoms with Crippen LogP contribution in [0.4, 0.5) is 0 Å². The van der Waals surface area contributed by atoms with Crippen LogP contribution in [0.5, 0.6) is 0 Å². The Morgan fingerprint density at radius 3 is 2.82 bits per heavy atom. The molecule has 0 aromatic heterocycles. The highest BCUT2D eigenvalue weighted by Crippen LogP contribution is 2.18. The molecule has 0 aromatic carbocycles. The molecule has 0 bridgehead atoms. The van der Waals surface area contributed by atoms with E-state index in [9.17, 15) is 0 Å². The molecule has 0 amide bonds. The molecule has 2 heterocycles. The van der Waals surface area contributed by atoms with Crippen LogP contribution < -0.4 is 10.6 Å². The second-order valence-electron chi connectivity index (χ2n) is 7.84. The molecule has 0 aliphatic carbocycles. The molecule has 2 atom stereocenters. The van der Waals surface area contributed by atoms with Gasteiger partial charge >= 0.3 is 0 Å². The van der Waals surface area contributed by atoms with Gasteiger partial charge in [-0.25, -0.2) is 0 Å². The van der Waals surface area contributed by atoms with Crippen LogP contribution in [-0.2, 0) is 9.47 Å². The van der Waals surface area contributed by atoms with Crippen molar-refractivity contribution in [3.8, 4) is 0 Å². The Hall–Kier alpha value is -0.120. The molecule has 0 aromatic rings. The minimum atomic E-state index is 0. The van der Waals surface area contributed by atoms with Gasteiger partial charge in [0.15, 0.2) is 5.96 Å². The number of hydrogen-bond acceptors (Lipinski definition) is 4. The zero-order chi connectivity index (χ0) is 19.2. The Labute approximate surface area is 189 Å². The Bertz CT molecular complexity index is 406. The summed E-state index contributed by atoms with van der Waals surface area (Å²) in [6.45, 7) is 13.0. The van der Waals surface area contributed by atoms with Gasteiger partial charge in [-0.3, -0.25) is 9.89 Å². The van der Waals surface area contributed by atoms with Crippen LogP contribution in [0.1, 0.15) is 58.8 Å². The van der Waals surface area contributed by atoms with E-state index in [2.05, 4.69) is 29.4 Å². The van der Waals surface area contributed by atoms with Gasteiger partial charge in [-0.2, -0.15) is 0 Å². The summed E-state index contributed by atoms with van der Waals surface area (Å²) in [5.41, 5.74) is 0. The Morgan fingerprint density at radius 1 is 1.18 bits per heavy atom. The SMILES string of the molecule is CCCCN1CCCCC1CN=C(NCC)NCCCOCC1CCOC1.I. The number of likely N-dealkylation sites (tertiary alicyclic amines) is 1. The molecular weight excluding hydrogens is 467 g/mol. The summed E-state index contributed by atoms with van der Waals surface area (Å²) in [4.78, 5) is 7.53. The van der Waals surface area contributed by atoms with Crippen molar-refractivity contribution in [2.45, 2.75) is 64.8 Å². The van der Waals surface area contributed by atoms with Crippen LogP contribution in [0.25, 0.3) is 0 Å². The van der Waals surface area contributed by atoms with Crippen molar-refractivity contribution in [2.75, 3.05) is 59.2 Å². The van der Waals surface area contributed by atoms with E-state index in [1.165, 1.54) is 45.2 Å². The largest absolute Gasteiger partial charge is 0.381 e. The van der Waals surface area contributed by atoms with Gasteiger partial charge in [0.05, 0.1) is 19.8 Å². The number of piperidine rings is 1. The van der Waals surface area contributed by atoms with E-state index in [1.807, 2.05) is 0 Å². The molecule has 2 rings (SSSR count). The van der Waals surface area contributed by atoms with Gasteiger partial charge in [-0.05, 0) is 52.1 Å². The molecule has 0 radical (unpaired) electrons. The van der Waals surface area contributed by atoms with Gasteiger partial charge in [0.1, 0.15) is 0 Å². The second-order valence-corrected chi connectivity index (χ2v) is 7.84. The maximum absolute atomic E-state index is 5.78. The molecule has 2 aliphatic rings. The number of nitrogens with one attached hydrogen (secondary N) is 2. The van der Waals surface area contributed by atoms with Gasteiger partial charge in [0.25, 0.3) is 0 Å². The van der Waals surface area contributed by atoms with Gasteiger partial charge in [0, 0.05) is 38.3 Å². The standard InChI is InChI=1S/C21H42N4O2.HI/c1-3-5-12-25-13-7-6-9-20(25)16-24-21(22-4-2)23-11-8-14-26-17-19-10-15-27-18-19;/h19-20H,3-18H2,1-2H3,(H2,22,23,24);1H. The summed E-state index contributed by atoms with van der Waals surface area (Å²) in [6.07, 6.45) is 8.69. The van der Waals surface area contributed by atoms with Crippen molar-refractivity contribution >= 4 is 29.9 Å². The second kappa shape index (κ2) is 16.7. The molecule has 28 heavy (non-hydrogen) atoms. The lowest BCUT2D eigenvalue weighted by atomic mass is 10.0. The molecule has 2 unspecified atom stereocenters. The van der Waals surface area contributed by atoms with Crippen LogP contribution in [0.3, 0.4) is 0 Å². The average Bonchev–Trinajstić information content (AvgIpc) is 3.21. The quantitative estimate of drug-likeness (QED) is 0.183. The van der Waals surface area contributed by atoms with E-state index in [1.54, 1.807) is 0 Å². The number of unbranched alkanes of at least 4 members (excludes halogenated alkanes) is 1. The molecule has 7 heteroatoms. The summed E-state index contributed by atoms with van der Waals surface area (Å²) in [5, 5.41) is 6.84. The normalized spacial score (nSPS) is 23.4. The smallest absolute Gasteiger partial charge is 0.191 e. The number of ether oxygens (including phenoxy) is 2. The first-order valence-corrected chi connectivity index (χ1v) is 11.2. The monoisotopic (exact) mass is 510 g/mol. The fraction of sp³-hybridized carbons (Fsp3) is 0.952. The van der Waals surface area contributed by atoms with E-state index in [-0.39, 0.29) is 24.0 Å². The minimum Gasteiger partial charge on any atom is -0.381 e. The average molecular weight is 511 g/mol. The van der Waals surface area contributed by atoms with E-state index in [0.29, 0.717) is 12.0 Å². The minimum absolute atomic E-state index is 0. The fourth-order valence-corrected chi connectivity index (χ4v) is 3.81. The molecular formula is C21H43IN4O2. The third kappa shape index (κ3) is 10.6. The Balaban J connectivity index is 0.00000392. The molecule has 2 fully saturated rings. The number of aliphatic imine (C=N–C) groups is 1. The van der Waals surface area contributed by atoms with E-state index < -0.39 is 0 Å². The van der Waals surface area contributed by atoms with Crippen molar-refractivity contribution in [1.29, 1.82) is 0 Å². The lowest BCUT2D eigenvalue weighted by molar-refractivity contribution is 0.0888. The molecule has 2 N–H and O–H groups in total. The first kappa shape index (κ1) is 25.9. The number of rotatable bonds is 12. The van der Waals surface area contributed by atoms with Crippen LogP contribution in [0.2, 0.25) is 0 Å². The molecule has 2 aliphatic heterocycles. The maximum Gasteiger partial charge on any atom is 0.191 e. The Morgan fingerprint density at radius 2 is 2.07 bits per heavy atom. The fourth-order valence-electron chi connectivity index (χ4n) is 3.81. The lowest BCUT2D eigenvalue weighted by Crippen LogP contribution is -2.44. The predicted octanol–water partition coefficient (Wildman–Crippen LogP) is 3.26. The van der Waals surface area contributed by atoms with E-state index >= 15 is 0 Å². The molecule has 2 saturated heterocycles. The topological polar surface area (TPSA) is 58.1 Å². The summed E-state index contributed by atoms with van der Waals surface area (Å²) in [7, 11) is 0. The first-order chi connectivity index (χ1) is 13.3. The molecule has 166 valence electrons. The van der Waals surface area contributed by atoms with Crippen LogP contribution in [0.15, 0.2) is 4.99 Å². The predicted molar refractivity (Wildman–Crippen MR) is 128 cm³/mol.